The number of rotatable bonds is 12. The maximum Gasteiger partial charge on any atom is 0.317 e. The first kappa shape index (κ1) is 35.0. The number of nitrogens with one attached hydrogen (secondary N) is 2. The number of carboxylic acid groups (broad SMARTS) is 2. The third kappa shape index (κ3) is 11.4. The van der Waals surface area contributed by atoms with Crippen LogP contribution >= 0.6 is 0 Å². The molecule has 4 atom stereocenters. The van der Waals surface area contributed by atoms with Crippen LogP contribution in [0.5, 0.6) is 0 Å². The van der Waals surface area contributed by atoms with Crippen molar-refractivity contribution < 1.29 is 19.8 Å². The summed E-state index contributed by atoms with van der Waals surface area (Å²) < 4.78 is 0. The van der Waals surface area contributed by atoms with E-state index in [1.807, 2.05) is 72.8 Å². The van der Waals surface area contributed by atoms with Gasteiger partial charge in [-0.25, -0.2) is 0 Å². The van der Waals surface area contributed by atoms with Crippen molar-refractivity contribution in [3.05, 3.63) is 144 Å². The molecule has 252 valence electrons. The van der Waals surface area contributed by atoms with Crippen molar-refractivity contribution in [2.75, 3.05) is 39.3 Å². The lowest BCUT2D eigenvalue weighted by Gasteiger charge is -2.40. The smallest absolute Gasteiger partial charge is 0.317 e. The van der Waals surface area contributed by atoms with Crippen LogP contribution in [-0.4, -0.2) is 95.4 Å². The Balaban J connectivity index is 1.52. The van der Waals surface area contributed by atoms with Gasteiger partial charge in [-0.1, -0.05) is 121 Å². The molecule has 0 aromatic heterocycles. The van der Waals surface area contributed by atoms with Gasteiger partial charge in [-0.3, -0.25) is 19.4 Å². The minimum atomic E-state index is -0.853. The fourth-order valence-electron chi connectivity index (χ4n) is 6.84. The second-order valence-corrected chi connectivity index (χ2v) is 12.9. The fraction of sp³-hybridized carbons (Fsp3) is 0.350. The van der Waals surface area contributed by atoms with Crippen molar-refractivity contribution in [2.24, 2.45) is 0 Å². The van der Waals surface area contributed by atoms with Crippen LogP contribution in [0.3, 0.4) is 0 Å². The third-order valence-electron chi connectivity index (χ3n) is 9.18. The van der Waals surface area contributed by atoms with Gasteiger partial charge in [0, 0.05) is 50.3 Å². The Labute approximate surface area is 284 Å². The molecule has 5 rings (SSSR count). The van der Waals surface area contributed by atoms with Crippen LogP contribution < -0.4 is 10.6 Å². The molecule has 8 nitrogen and oxygen atoms in total. The summed E-state index contributed by atoms with van der Waals surface area (Å²) in [7, 11) is 0. The number of carboxylic acids is 2. The molecule has 4 aromatic rings. The Kier molecular flexibility index (Phi) is 13.3. The van der Waals surface area contributed by atoms with Crippen molar-refractivity contribution in [3.8, 4) is 0 Å². The number of aliphatic carboxylic acids is 2. The van der Waals surface area contributed by atoms with Crippen molar-refractivity contribution in [1.82, 2.24) is 20.4 Å². The Bertz CT molecular complexity index is 1410. The van der Waals surface area contributed by atoms with Gasteiger partial charge in [-0.2, -0.15) is 0 Å². The van der Waals surface area contributed by atoms with E-state index in [9.17, 15) is 19.8 Å². The van der Waals surface area contributed by atoms with Crippen LogP contribution in [-0.2, 0) is 35.3 Å². The molecular weight excluding hydrogens is 600 g/mol. The maximum absolute atomic E-state index is 12.4. The molecule has 48 heavy (non-hydrogen) atoms. The Morgan fingerprint density at radius 2 is 0.792 bits per heavy atom. The van der Waals surface area contributed by atoms with Crippen LogP contribution in [0.15, 0.2) is 121 Å². The standard InChI is InChI=1S/C40H48N4O4/c45-39(46)29-43-27-35(21-31-13-5-1-6-14-31)41-25-37(23-33-17-9-3-10-18-33)44(30-40(47)48)28-36(22-32-15-7-2-8-16-32)42-26-38(43)24-34-19-11-4-12-20-34/h1-20,35-38,41-42H,21-30H2,(H,45,46)(H,47,48)/t35-,36-,37-,38-/m0/s1. The third-order valence-corrected chi connectivity index (χ3v) is 9.18. The van der Waals surface area contributed by atoms with Gasteiger partial charge in [0.05, 0.1) is 13.1 Å². The Morgan fingerprint density at radius 3 is 1.08 bits per heavy atom. The summed E-state index contributed by atoms with van der Waals surface area (Å²) >= 11 is 0. The average Bonchev–Trinajstić information content (AvgIpc) is 3.08. The predicted octanol–water partition coefficient (Wildman–Crippen LogP) is 4.40. The molecule has 0 bridgehead atoms. The molecule has 1 saturated heterocycles. The monoisotopic (exact) mass is 648 g/mol. The summed E-state index contributed by atoms with van der Waals surface area (Å²) in [5, 5.41) is 27.9. The zero-order valence-electron chi connectivity index (χ0n) is 27.5. The molecule has 1 fully saturated rings. The SMILES string of the molecule is O=C(O)CN1C[C@H](Cc2ccccc2)NC[C@H](Cc2ccccc2)N(CC(=O)O)C[C@H](Cc2ccccc2)NC[C@@H]1Cc1ccccc1. The second kappa shape index (κ2) is 18.3. The van der Waals surface area contributed by atoms with Gasteiger partial charge in [0.15, 0.2) is 0 Å². The van der Waals surface area contributed by atoms with Gasteiger partial charge in [0.25, 0.3) is 0 Å². The largest absolute Gasteiger partial charge is 0.480 e. The van der Waals surface area contributed by atoms with E-state index >= 15 is 0 Å². The van der Waals surface area contributed by atoms with E-state index in [1.54, 1.807) is 0 Å². The summed E-state index contributed by atoms with van der Waals surface area (Å²) in [6.45, 7) is 2.02. The van der Waals surface area contributed by atoms with E-state index in [4.69, 9.17) is 0 Å². The molecule has 4 aromatic carbocycles. The highest BCUT2D eigenvalue weighted by Crippen LogP contribution is 2.17. The first-order chi connectivity index (χ1) is 23.4. The van der Waals surface area contributed by atoms with Crippen molar-refractivity contribution in [1.29, 1.82) is 0 Å². The molecule has 8 heteroatoms. The van der Waals surface area contributed by atoms with Gasteiger partial charge >= 0.3 is 11.9 Å². The van der Waals surface area contributed by atoms with Gasteiger partial charge in [0.1, 0.15) is 0 Å². The lowest BCUT2D eigenvalue weighted by molar-refractivity contribution is -0.139. The van der Waals surface area contributed by atoms with E-state index in [0.717, 1.165) is 24.0 Å². The zero-order valence-corrected chi connectivity index (χ0v) is 27.5. The van der Waals surface area contributed by atoms with Crippen molar-refractivity contribution in [3.63, 3.8) is 0 Å². The summed E-state index contributed by atoms with van der Waals surface area (Å²) in [5.74, 6) is -1.71. The molecule has 1 aliphatic heterocycles. The fourth-order valence-corrected chi connectivity index (χ4v) is 6.84. The number of benzene rings is 4. The van der Waals surface area contributed by atoms with E-state index in [-0.39, 0.29) is 37.3 Å². The lowest BCUT2D eigenvalue weighted by atomic mass is 9.98. The zero-order chi connectivity index (χ0) is 33.6. The van der Waals surface area contributed by atoms with E-state index in [2.05, 4.69) is 69.0 Å². The molecule has 0 unspecified atom stereocenters. The summed E-state index contributed by atoms with van der Waals surface area (Å²) in [4.78, 5) is 29.0. The normalized spacial score (nSPS) is 21.5. The number of hydrogen-bond acceptors (Lipinski definition) is 6. The average molecular weight is 649 g/mol. The van der Waals surface area contributed by atoms with Crippen molar-refractivity contribution in [2.45, 2.75) is 49.9 Å². The quantitative estimate of drug-likeness (QED) is 0.179. The molecule has 0 amide bonds. The van der Waals surface area contributed by atoms with Crippen LogP contribution in [0.1, 0.15) is 22.3 Å². The van der Waals surface area contributed by atoms with Crippen LogP contribution in [0.4, 0.5) is 0 Å². The molecule has 1 aliphatic rings. The molecule has 4 N–H and O–H groups in total. The van der Waals surface area contributed by atoms with E-state index < -0.39 is 11.9 Å². The van der Waals surface area contributed by atoms with Gasteiger partial charge in [-0.05, 0) is 47.9 Å². The molecule has 1 heterocycles. The highest BCUT2D eigenvalue weighted by Gasteiger charge is 2.30. The first-order valence-electron chi connectivity index (χ1n) is 17.0. The molecule has 0 radical (unpaired) electrons. The minimum Gasteiger partial charge on any atom is -0.480 e. The van der Waals surface area contributed by atoms with Gasteiger partial charge < -0.3 is 20.8 Å². The maximum atomic E-state index is 12.4. The van der Waals surface area contributed by atoms with Crippen LogP contribution in [0.25, 0.3) is 0 Å². The molecule has 0 aliphatic carbocycles. The topological polar surface area (TPSA) is 105 Å². The molecule has 0 saturated carbocycles. The first-order valence-corrected chi connectivity index (χ1v) is 17.0. The summed E-state index contributed by atoms with van der Waals surface area (Å²) in [6.07, 6.45) is 2.81. The number of nitrogens with zero attached hydrogens (tertiary/aromatic N) is 2. The highest BCUT2D eigenvalue weighted by atomic mass is 16.4. The van der Waals surface area contributed by atoms with E-state index in [0.29, 0.717) is 39.0 Å². The lowest BCUT2D eigenvalue weighted by Crippen LogP contribution is -2.58. The van der Waals surface area contributed by atoms with E-state index in [1.165, 1.54) is 11.1 Å². The second-order valence-electron chi connectivity index (χ2n) is 12.9. The Hall–Kier alpha value is -4.34. The van der Waals surface area contributed by atoms with Gasteiger partial charge in [-0.15, -0.1) is 0 Å². The summed E-state index contributed by atoms with van der Waals surface area (Å²) in [5.41, 5.74) is 4.63. The molecule has 0 spiro atoms. The Morgan fingerprint density at radius 1 is 0.500 bits per heavy atom. The minimum absolute atomic E-state index is 0.0606. The summed E-state index contributed by atoms with van der Waals surface area (Å²) in [6, 6.07) is 40.7. The molecular formula is C40H48N4O4. The van der Waals surface area contributed by atoms with Crippen LogP contribution in [0.2, 0.25) is 0 Å². The van der Waals surface area contributed by atoms with Gasteiger partial charge in [0.2, 0.25) is 0 Å². The highest BCUT2D eigenvalue weighted by molar-refractivity contribution is 5.69. The number of hydrogen-bond donors (Lipinski definition) is 4. The van der Waals surface area contributed by atoms with Crippen LogP contribution in [0, 0.1) is 0 Å². The van der Waals surface area contributed by atoms with Crippen molar-refractivity contribution >= 4 is 11.9 Å². The number of carbonyl (C=O) groups is 2. The predicted molar refractivity (Wildman–Crippen MR) is 190 cm³/mol.